The average molecular weight is 226 g/mol. The van der Waals surface area contributed by atoms with E-state index in [1.54, 1.807) is 13.2 Å². The van der Waals surface area contributed by atoms with Gasteiger partial charge in [0.15, 0.2) is 5.16 Å². The van der Waals surface area contributed by atoms with E-state index in [1.165, 1.54) is 11.8 Å². The van der Waals surface area contributed by atoms with E-state index in [2.05, 4.69) is 15.3 Å². The largest absolute Gasteiger partial charge is 0.368 e. The van der Waals surface area contributed by atoms with Crippen LogP contribution in [0.5, 0.6) is 0 Å². The maximum Gasteiger partial charge on any atom is 0.235 e. The summed E-state index contributed by atoms with van der Waals surface area (Å²) in [6.45, 7) is 1.90. The minimum atomic E-state index is -0.363. The lowest BCUT2D eigenvalue weighted by atomic mass is 10.3. The fourth-order valence-corrected chi connectivity index (χ4v) is 1.95. The predicted molar refractivity (Wildman–Crippen MR) is 59.5 cm³/mol. The summed E-state index contributed by atoms with van der Waals surface area (Å²) < 4.78 is 0. The molecule has 82 valence electrons. The van der Waals surface area contributed by atoms with E-state index in [1.807, 2.05) is 13.0 Å². The van der Waals surface area contributed by atoms with Gasteiger partial charge in [0.2, 0.25) is 5.91 Å². The lowest BCUT2D eigenvalue weighted by Gasteiger charge is -2.10. The number of nitrogens with two attached hydrogens (primary N) is 1. The Morgan fingerprint density at radius 3 is 3.00 bits per heavy atom. The van der Waals surface area contributed by atoms with E-state index in [-0.39, 0.29) is 11.9 Å². The van der Waals surface area contributed by atoms with Crippen LogP contribution >= 0.6 is 11.8 Å². The highest BCUT2D eigenvalue weighted by atomic mass is 32.2. The first kappa shape index (κ1) is 11.9. The molecule has 0 spiro atoms. The van der Waals surface area contributed by atoms with E-state index in [4.69, 9.17) is 5.73 Å². The molecule has 0 aliphatic carbocycles. The van der Waals surface area contributed by atoms with Crippen LogP contribution in [0.3, 0.4) is 0 Å². The van der Waals surface area contributed by atoms with Crippen molar-refractivity contribution in [3.05, 3.63) is 18.0 Å². The molecule has 1 atom stereocenters. The van der Waals surface area contributed by atoms with Crippen molar-refractivity contribution >= 4 is 17.7 Å². The average Bonchev–Trinajstić information content (AvgIpc) is 2.18. The van der Waals surface area contributed by atoms with E-state index in [9.17, 15) is 4.79 Å². The molecule has 0 aliphatic rings. The molecule has 15 heavy (non-hydrogen) atoms. The lowest BCUT2D eigenvalue weighted by molar-refractivity contribution is -0.119. The third kappa shape index (κ3) is 3.85. The number of carbonyl (C=O) groups excluding carboxylic acids is 1. The predicted octanol–water partition coefficient (Wildman–Crippen LogP) is -0.0496. The number of amides is 1. The molecule has 0 fully saturated rings. The van der Waals surface area contributed by atoms with Crippen LogP contribution in [0.1, 0.15) is 5.69 Å². The van der Waals surface area contributed by atoms with Gasteiger partial charge in [0.05, 0.1) is 6.04 Å². The SMILES string of the molecule is CNC(CSc1nccc(C)n1)C(N)=O. The molecule has 0 aliphatic heterocycles. The van der Waals surface area contributed by atoms with Crippen molar-refractivity contribution in [1.82, 2.24) is 15.3 Å². The highest BCUT2D eigenvalue weighted by molar-refractivity contribution is 7.99. The Morgan fingerprint density at radius 1 is 1.73 bits per heavy atom. The van der Waals surface area contributed by atoms with E-state index < -0.39 is 0 Å². The summed E-state index contributed by atoms with van der Waals surface area (Å²) in [6.07, 6.45) is 1.70. The molecule has 6 heteroatoms. The van der Waals surface area contributed by atoms with Crippen LogP contribution in [0.2, 0.25) is 0 Å². The second-order valence-corrected chi connectivity index (χ2v) is 4.02. The van der Waals surface area contributed by atoms with E-state index >= 15 is 0 Å². The van der Waals surface area contributed by atoms with Crippen LogP contribution in [0.15, 0.2) is 17.4 Å². The number of hydrogen-bond acceptors (Lipinski definition) is 5. The van der Waals surface area contributed by atoms with Crippen molar-refractivity contribution in [2.75, 3.05) is 12.8 Å². The molecule has 5 nitrogen and oxygen atoms in total. The lowest BCUT2D eigenvalue weighted by Crippen LogP contribution is -2.41. The molecule has 0 radical (unpaired) electrons. The maximum atomic E-state index is 10.9. The molecule has 1 aromatic heterocycles. The van der Waals surface area contributed by atoms with Gasteiger partial charge in [-0.15, -0.1) is 0 Å². The van der Waals surface area contributed by atoms with Crippen LogP contribution in [0.25, 0.3) is 0 Å². The molecule has 1 aromatic rings. The second kappa shape index (κ2) is 5.67. The summed E-state index contributed by atoms with van der Waals surface area (Å²) in [5, 5.41) is 3.50. The van der Waals surface area contributed by atoms with Gasteiger partial charge in [0.25, 0.3) is 0 Å². The zero-order valence-corrected chi connectivity index (χ0v) is 9.54. The Kier molecular flexibility index (Phi) is 4.51. The maximum absolute atomic E-state index is 10.9. The molecule has 1 amide bonds. The Labute approximate surface area is 92.9 Å². The van der Waals surface area contributed by atoms with Gasteiger partial charge >= 0.3 is 0 Å². The van der Waals surface area contributed by atoms with Gasteiger partial charge in [0.1, 0.15) is 0 Å². The summed E-state index contributed by atoms with van der Waals surface area (Å²) >= 11 is 1.41. The number of nitrogens with one attached hydrogen (secondary N) is 1. The molecular formula is C9H14N4OS. The summed E-state index contributed by atoms with van der Waals surface area (Å²) in [5.74, 6) is 0.174. The van der Waals surface area contributed by atoms with Gasteiger partial charge in [-0.05, 0) is 20.0 Å². The van der Waals surface area contributed by atoms with Gasteiger partial charge in [-0.1, -0.05) is 11.8 Å². The Balaban J connectivity index is 2.52. The Morgan fingerprint density at radius 2 is 2.47 bits per heavy atom. The Bertz CT molecular complexity index is 345. The van der Waals surface area contributed by atoms with Gasteiger partial charge < -0.3 is 11.1 Å². The smallest absolute Gasteiger partial charge is 0.235 e. The molecule has 1 rings (SSSR count). The summed E-state index contributed by atoms with van der Waals surface area (Å²) in [4.78, 5) is 19.2. The molecule has 0 bridgehead atoms. The van der Waals surface area contributed by atoms with Crippen molar-refractivity contribution in [2.24, 2.45) is 5.73 Å². The zero-order valence-electron chi connectivity index (χ0n) is 8.73. The minimum absolute atomic E-state index is 0.348. The van der Waals surface area contributed by atoms with Crippen molar-refractivity contribution in [3.63, 3.8) is 0 Å². The fourth-order valence-electron chi connectivity index (χ4n) is 0.961. The standard InChI is InChI=1S/C9H14N4OS/c1-6-3-4-12-9(13-6)15-5-7(11-2)8(10)14/h3-4,7,11H,5H2,1-2H3,(H2,10,14). The quantitative estimate of drug-likeness (QED) is 0.543. The molecule has 1 unspecified atom stereocenters. The number of likely N-dealkylation sites (N-methyl/N-ethyl adjacent to an activating group) is 1. The van der Waals surface area contributed by atoms with Crippen LogP contribution < -0.4 is 11.1 Å². The number of aryl methyl sites for hydroxylation is 1. The van der Waals surface area contributed by atoms with Crippen molar-refractivity contribution in [2.45, 2.75) is 18.1 Å². The number of nitrogens with zero attached hydrogens (tertiary/aromatic N) is 2. The Hall–Kier alpha value is -1.14. The molecular weight excluding hydrogens is 212 g/mol. The third-order valence-corrected chi connectivity index (χ3v) is 2.80. The normalized spacial score (nSPS) is 12.4. The first-order chi connectivity index (χ1) is 7.13. The van der Waals surface area contributed by atoms with Crippen LogP contribution in [0, 0.1) is 6.92 Å². The first-order valence-electron chi connectivity index (χ1n) is 4.52. The third-order valence-electron chi connectivity index (χ3n) is 1.84. The van der Waals surface area contributed by atoms with Crippen molar-refractivity contribution < 1.29 is 4.79 Å². The van der Waals surface area contributed by atoms with E-state index in [0.717, 1.165) is 5.69 Å². The second-order valence-electron chi connectivity index (χ2n) is 3.04. The van der Waals surface area contributed by atoms with Crippen LogP contribution in [-0.2, 0) is 4.79 Å². The van der Waals surface area contributed by atoms with Gasteiger partial charge in [-0.25, -0.2) is 9.97 Å². The minimum Gasteiger partial charge on any atom is -0.368 e. The van der Waals surface area contributed by atoms with Crippen molar-refractivity contribution in [1.29, 1.82) is 0 Å². The number of aromatic nitrogens is 2. The highest BCUT2D eigenvalue weighted by Gasteiger charge is 2.13. The van der Waals surface area contributed by atoms with Gasteiger partial charge in [-0.2, -0.15) is 0 Å². The number of thioether (sulfide) groups is 1. The summed E-state index contributed by atoms with van der Waals surface area (Å²) in [5.41, 5.74) is 6.10. The number of primary amides is 1. The van der Waals surface area contributed by atoms with Gasteiger partial charge in [0, 0.05) is 17.6 Å². The molecule has 0 saturated heterocycles. The monoisotopic (exact) mass is 226 g/mol. The number of carbonyl (C=O) groups is 1. The van der Waals surface area contributed by atoms with Gasteiger partial charge in [-0.3, -0.25) is 4.79 Å². The molecule has 0 aromatic carbocycles. The van der Waals surface area contributed by atoms with Crippen molar-refractivity contribution in [3.8, 4) is 0 Å². The molecule has 3 N–H and O–H groups in total. The zero-order chi connectivity index (χ0) is 11.3. The van der Waals surface area contributed by atoms with E-state index in [0.29, 0.717) is 10.9 Å². The number of rotatable bonds is 5. The topological polar surface area (TPSA) is 80.9 Å². The van der Waals surface area contributed by atoms with Crippen LogP contribution in [-0.4, -0.2) is 34.7 Å². The highest BCUT2D eigenvalue weighted by Crippen LogP contribution is 2.13. The summed E-state index contributed by atoms with van der Waals surface area (Å²) in [6, 6.07) is 1.48. The molecule has 0 saturated carbocycles. The molecule has 1 heterocycles. The number of hydrogen-bond donors (Lipinski definition) is 2. The summed E-state index contributed by atoms with van der Waals surface area (Å²) in [7, 11) is 1.70. The van der Waals surface area contributed by atoms with Crippen LogP contribution in [0.4, 0.5) is 0 Å². The first-order valence-corrected chi connectivity index (χ1v) is 5.51. The fraction of sp³-hybridized carbons (Fsp3) is 0.444.